The lowest BCUT2D eigenvalue weighted by Crippen LogP contribution is -2.37. The van der Waals surface area contributed by atoms with E-state index in [-0.39, 0.29) is 0 Å². The van der Waals surface area contributed by atoms with Crippen molar-refractivity contribution in [3.05, 3.63) is 102 Å². The highest BCUT2D eigenvalue weighted by Crippen LogP contribution is 2.32. The lowest BCUT2D eigenvalue weighted by molar-refractivity contribution is -0.659. The zero-order chi connectivity index (χ0) is 21.7. The Labute approximate surface area is 184 Å². The van der Waals surface area contributed by atoms with E-state index in [4.69, 9.17) is 0 Å². The van der Waals surface area contributed by atoms with Gasteiger partial charge in [-0.3, -0.25) is 0 Å². The first-order chi connectivity index (χ1) is 14.9. The summed E-state index contributed by atoms with van der Waals surface area (Å²) in [5.74, 6) is 0. The van der Waals surface area contributed by atoms with E-state index in [1.165, 1.54) is 60.9 Å². The predicted octanol–water partition coefficient (Wildman–Crippen LogP) is 5.99. The Kier molecular flexibility index (Phi) is 4.59. The molecule has 0 amide bonds. The van der Waals surface area contributed by atoms with E-state index in [1.54, 1.807) is 0 Å². The fourth-order valence-corrected chi connectivity index (χ4v) is 5.01. The molecule has 3 aromatic carbocycles. The number of rotatable bonds is 2. The number of fused-ring (bicyclic) bond motifs is 2. The molecule has 0 radical (unpaired) electrons. The standard InChI is InChI=1S/C29H28N2/c1-19-14-20(2)29(31-18-26-13-9-6-10-23(26)15-21(31)3)22(4)28(19)27-16-24-11-7-8-12-25(24)17-30(27)5/h6-18H,1-5H3/q+2. The van der Waals surface area contributed by atoms with Crippen LogP contribution in [0.15, 0.2) is 79.1 Å². The average Bonchev–Trinajstić information content (AvgIpc) is 2.74. The van der Waals surface area contributed by atoms with Gasteiger partial charge in [0.05, 0.1) is 5.56 Å². The zero-order valence-corrected chi connectivity index (χ0v) is 18.9. The molecule has 5 rings (SSSR count). The smallest absolute Gasteiger partial charge is 0.200 e. The quantitative estimate of drug-likeness (QED) is 0.319. The van der Waals surface area contributed by atoms with Crippen molar-refractivity contribution in [2.24, 2.45) is 7.05 Å². The SMILES string of the molecule is Cc1cc(C)c(-[n+]2cc3ccccc3cc2C)c(C)c1-c1cc2ccccc2c[n+]1C. The van der Waals surface area contributed by atoms with E-state index in [0.29, 0.717) is 0 Å². The maximum absolute atomic E-state index is 2.36. The minimum Gasteiger partial charge on any atom is -0.200 e. The van der Waals surface area contributed by atoms with Gasteiger partial charge in [-0.25, -0.2) is 4.57 Å². The van der Waals surface area contributed by atoms with Gasteiger partial charge in [0.25, 0.3) is 0 Å². The number of benzene rings is 3. The van der Waals surface area contributed by atoms with Crippen LogP contribution in [0.3, 0.4) is 0 Å². The van der Waals surface area contributed by atoms with Crippen molar-refractivity contribution >= 4 is 21.5 Å². The second-order valence-corrected chi connectivity index (χ2v) is 8.67. The summed E-state index contributed by atoms with van der Waals surface area (Å²) in [7, 11) is 2.15. The summed E-state index contributed by atoms with van der Waals surface area (Å²) in [6.07, 6.45) is 4.51. The van der Waals surface area contributed by atoms with Crippen molar-refractivity contribution in [3.63, 3.8) is 0 Å². The van der Waals surface area contributed by atoms with Gasteiger partial charge in [0.2, 0.25) is 11.4 Å². The van der Waals surface area contributed by atoms with Crippen molar-refractivity contribution in [2.45, 2.75) is 27.7 Å². The number of nitrogens with zero attached hydrogens (tertiary/aromatic N) is 2. The number of pyridine rings is 2. The number of hydrogen-bond donors (Lipinski definition) is 0. The first kappa shape index (κ1) is 19.4. The van der Waals surface area contributed by atoms with Crippen LogP contribution in [0, 0.1) is 27.7 Å². The fourth-order valence-electron chi connectivity index (χ4n) is 5.01. The first-order valence-electron chi connectivity index (χ1n) is 10.8. The zero-order valence-electron chi connectivity index (χ0n) is 18.9. The van der Waals surface area contributed by atoms with Crippen LogP contribution in [0.2, 0.25) is 0 Å². The normalized spacial score (nSPS) is 11.4. The summed E-state index contributed by atoms with van der Waals surface area (Å²) >= 11 is 0. The van der Waals surface area contributed by atoms with Crippen LogP contribution in [0.5, 0.6) is 0 Å². The molecule has 0 saturated heterocycles. The van der Waals surface area contributed by atoms with Crippen molar-refractivity contribution in [1.29, 1.82) is 0 Å². The maximum Gasteiger partial charge on any atom is 0.217 e. The van der Waals surface area contributed by atoms with Gasteiger partial charge in [-0.05, 0) is 55.3 Å². The molecule has 5 aromatic rings. The van der Waals surface area contributed by atoms with Crippen molar-refractivity contribution < 1.29 is 9.13 Å². The van der Waals surface area contributed by atoms with Gasteiger partial charge in [0.15, 0.2) is 18.1 Å². The molecular weight excluding hydrogens is 376 g/mol. The largest absolute Gasteiger partial charge is 0.217 e. The number of aromatic nitrogens is 2. The third-order valence-electron chi connectivity index (χ3n) is 6.44. The highest BCUT2D eigenvalue weighted by atomic mass is 15.0. The van der Waals surface area contributed by atoms with E-state index in [9.17, 15) is 0 Å². The lowest BCUT2D eigenvalue weighted by Gasteiger charge is -2.14. The van der Waals surface area contributed by atoms with Crippen molar-refractivity contribution in [1.82, 2.24) is 0 Å². The third-order valence-corrected chi connectivity index (χ3v) is 6.44. The molecule has 2 heterocycles. The summed E-state index contributed by atoms with van der Waals surface area (Å²) in [5, 5.41) is 5.06. The predicted molar refractivity (Wildman–Crippen MR) is 129 cm³/mol. The molecule has 0 bridgehead atoms. The molecule has 152 valence electrons. The average molecular weight is 405 g/mol. The van der Waals surface area contributed by atoms with E-state index in [2.05, 4.69) is 123 Å². The topological polar surface area (TPSA) is 7.76 Å². The molecule has 2 nitrogen and oxygen atoms in total. The molecule has 0 aliphatic heterocycles. The van der Waals surface area contributed by atoms with E-state index >= 15 is 0 Å². The van der Waals surface area contributed by atoms with Gasteiger partial charge in [0, 0.05) is 41.0 Å². The van der Waals surface area contributed by atoms with Crippen LogP contribution in [0.1, 0.15) is 22.4 Å². The highest BCUT2D eigenvalue weighted by molar-refractivity contribution is 5.85. The molecule has 0 aliphatic rings. The van der Waals surface area contributed by atoms with Crippen LogP contribution in [0.25, 0.3) is 38.5 Å². The molecule has 0 unspecified atom stereocenters. The Hall–Kier alpha value is -3.52. The van der Waals surface area contributed by atoms with E-state index in [0.717, 1.165) is 0 Å². The van der Waals surface area contributed by atoms with Gasteiger partial charge in [0.1, 0.15) is 7.05 Å². The maximum atomic E-state index is 2.36. The van der Waals surface area contributed by atoms with Gasteiger partial charge in [-0.15, -0.1) is 0 Å². The minimum atomic E-state index is 1.24. The Balaban J connectivity index is 1.81. The highest BCUT2D eigenvalue weighted by Gasteiger charge is 2.25. The molecule has 2 aromatic heterocycles. The fraction of sp³-hybridized carbons (Fsp3) is 0.172. The van der Waals surface area contributed by atoms with Crippen molar-refractivity contribution in [2.75, 3.05) is 0 Å². The minimum absolute atomic E-state index is 1.24. The molecule has 0 atom stereocenters. The van der Waals surface area contributed by atoms with Gasteiger partial charge < -0.3 is 0 Å². The van der Waals surface area contributed by atoms with Crippen molar-refractivity contribution in [3.8, 4) is 16.9 Å². The van der Waals surface area contributed by atoms with E-state index < -0.39 is 0 Å². The van der Waals surface area contributed by atoms with E-state index in [1.807, 2.05) is 0 Å². The molecule has 31 heavy (non-hydrogen) atoms. The molecule has 0 saturated carbocycles. The second-order valence-electron chi connectivity index (χ2n) is 8.67. The third kappa shape index (κ3) is 3.19. The Morgan fingerprint density at radius 3 is 1.87 bits per heavy atom. The summed E-state index contributed by atoms with van der Waals surface area (Å²) < 4.78 is 4.62. The Morgan fingerprint density at radius 2 is 1.19 bits per heavy atom. The summed E-state index contributed by atoms with van der Waals surface area (Å²) in [5.41, 5.74) is 8.99. The molecule has 0 aliphatic carbocycles. The van der Waals surface area contributed by atoms with Gasteiger partial charge in [-0.1, -0.05) is 36.4 Å². The van der Waals surface area contributed by atoms with Crippen LogP contribution < -0.4 is 9.13 Å². The molecular formula is C29H28N2+2. The van der Waals surface area contributed by atoms with Gasteiger partial charge in [-0.2, -0.15) is 4.57 Å². The number of hydrogen-bond acceptors (Lipinski definition) is 0. The molecule has 2 heteroatoms. The van der Waals surface area contributed by atoms with Crippen LogP contribution >= 0.6 is 0 Å². The monoisotopic (exact) mass is 404 g/mol. The number of aryl methyl sites for hydroxylation is 4. The lowest BCUT2D eigenvalue weighted by atomic mass is 9.93. The molecule has 0 N–H and O–H groups in total. The second kappa shape index (κ2) is 7.31. The van der Waals surface area contributed by atoms with Crippen LogP contribution in [-0.4, -0.2) is 0 Å². The van der Waals surface area contributed by atoms with Crippen LogP contribution in [-0.2, 0) is 7.05 Å². The Morgan fingerprint density at radius 1 is 0.613 bits per heavy atom. The summed E-state index contributed by atoms with van der Waals surface area (Å²) in [4.78, 5) is 0. The van der Waals surface area contributed by atoms with Crippen LogP contribution in [0.4, 0.5) is 0 Å². The van der Waals surface area contributed by atoms with Gasteiger partial charge >= 0.3 is 0 Å². The molecule has 0 fully saturated rings. The summed E-state index contributed by atoms with van der Waals surface area (Å²) in [6.45, 7) is 8.91. The Bertz CT molecular complexity index is 1370. The summed E-state index contributed by atoms with van der Waals surface area (Å²) in [6, 6.07) is 24.1. The first-order valence-corrected chi connectivity index (χ1v) is 10.8. The molecule has 0 spiro atoms.